The molecule has 1 aromatic heterocycles. The lowest BCUT2D eigenvalue weighted by Crippen LogP contribution is -2.55. The molecule has 174 valence electrons. The third-order valence-corrected chi connectivity index (χ3v) is 16.2. The number of benzene rings is 1. The Kier molecular flexibility index (Phi) is 7.57. The van der Waals surface area contributed by atoms with Crippen LogP contribution in [0.1, 0.15) is 57.5 Å². The minimum atomic E-state index is -2.33. The largest absolute Gasteiger partial charge is 0.543 e. The average molecular weight is 470 g/mol. The lowest BCUT2D eigenvalue weighted by Gasteiger charge is -2.43. The lowest BCUT2D eigenvalue weighted by molar-refractivity contribution is 0.0846. The SMILES string of the molecule is CC(C)(C)[Si](C)(C)Oc1ccccc1C(=O)N(/N=C/c1cccnc1)[Si](C)(C)C(C)(C)C. The number of hydrogen-bond donors (Lipinski definition) is 0. The zero-order valence-electron chi connectivity index (χ0n) is 21.4. The molecule has 32 heavy (non-hydrogen) atoms. The lowest BCUT2D eigenvalue weighted by atomic mass is 10.2. The maximum absolute atomic E-state index is 14.0. The van der Waals surface area contributed by atoms with Crippen LogP contribution in [-0.2, 0) is 0 Å². The highest BCUT2D eigenvalue weighted by atomic mass is 28.4. The average Bonchev–Trinajstić information content (AvgIpc) is 2.67. The van der Waals surface area contributed by atoms with Crippen LogP contribution < -0.4 is 4.43 Å². The number of carbonyl (C=O) groups excluding carboxylic acids is 1. The molecule has 0 N–H and O–H groups in total. The van der Waals surface area contributed by atoms with Crippen molar-refractivity contribution in [3.63, 3.8) is 0 Å². The fraction of sp³-hybridized carbons (Fsp3) is 0.480. The summed E-state index contributed by atoms with van der Waals surface area (Å²) in [6, 6.07) is 11.4. The second kappa shape index (κ2) is 9.31. The van der Waals surface area contributed by atoms with Gasteiger partial charge < -0.3 is 4.43 Å². The summed E-state index contributed by atoms with van der Waals surface area (Å²) < 4.78 is 8.30. The van der Waals surface area contributed by atoms with Crippen LogP contribution in [-0.4, -0.2) is 38.3 Å². The van der Waals surface area contributed by atoms with Crippen molar-refractivity contribution in [2.24, 2.45) is 5.10 Å². The van der Waals surface area contributed by atoms with Crippen molar-refractivity contribution in [3.8, 4) is 5.75 Å². The number of pyridine rings is 1. The first-order valence-corrected chi connectivity index (χ1v) is 17.0. The van der Waals surface area contributed by atoms with Crippen LogP contribution in [0.25, 0.3) is 0 Å². The molecule has 0 aliphatic carbocycles. The summed E-state index contributed by atoms with van der Waals surface area (Å²) in [6.45, 7) is 21.9. The molecule has 0 aliphatic rings. The maximum Gasteiger partial charge on any atom is 0.269 e. The first-order valence-electron chi connectivity index (χ1n) is 11.1. The van der Waals surface area contributed by atoms with Crippen LogP contribution in [0.5, 0.6) is 5.75 Å². The Morgan fingerprint density at radius 1 is 0.969 bits per heavy atom. The minimum absolute atomic E-state index is 0.0285. The number of amides is 1. The van der Waals surface area contributed by atoms with Gasteiger partial charge in [0, 0.05) is 18.0 Å². The van der Waals surface area contributed by atoms with E-state index < -0.39 is 16.6 Å². The van der Waals surface area contributed by atoms with Gasteiger partial charge in [-0.1, -0.05) is 59.7 Å². The molecule has 2 aromatic rings. The monoisotopic (exact) mass is 469 g/mol. The molecule has 5 nitrogen and oxygen atoms in total. The molecule has 0 fully saturated rings. The van der Waals surface area contributed by atoms with Gasteiger partial charge in [0.25, 0.3) is 14.2 Å². The molecular formula is C25H39N3O2Si2. The van der Waals surface area contributed by atoms with Crippen molar-refractivity contribution < 1.29 is 9.22 Å². The third-order valence-electron chi connectivity index (χ3n) is 6.85. The Balaban J connectivity index is 2.54. The number of para-hydroxylation sites is 1. The molecule has 0 bridgehead atoms. The van der Waals surface area contributed by atoms with Crippen LogP contribution >= 0.6 is 0 Å². The molecule has 1 amide bonds. The van der Waals surface area contributed by atoms with Crippen molar-refractivity contribution in [2.75, 3.05) is 0 Å². The van der Waals surface area contributed by atoms with Crippen molar-refractivity contribution >= 4 is 28.7 Å². The molecule has 1 aromatic carbocycles. The second-order valence-electron chi connectivity index (χ2n) is 11.3. The molecule has 0 aliphatic heterocycles. The number of hydrogen-bond acceptors (Lipinski definition) is 4. The van der Waals surface area contributed by atoms with E-state index in [1.807, 2.05) is 36.4 Å². The molecule has 2 rings (SSSR count). The Morgan fingerprint density at radius 2 is 1.59 bits per heavy atom. The van der Waals surface area contributed by atoms with E-state index in [0.717, 1.165) is 5.56 Å². The van der Waals surface area contributed by atoms with Crippen LogP contribution in [0.15, 0.2) is 53.9 Å². The highest BCUT2D eigenvalue weighted by Crippen LogP contribution is 2.41. The molecule has 0 saturated heterocycles. The standard InChI is InChI=1S/C25H39N3O2Si2/c1-24(2,3)31(7,8)28(27-19-20-14-13-17-26-18-20)23(29)21-15-11-12-16-22(21)30-32(9,10)25(4,5)6/h11-19H,1-10H3/b27-19+. The van der Waals surface area contributed by atoms with Gasteiger partial charge in [-0.05, 0) is 54.5 Å². The number of nitrogens with zero attached hydrogens (tertiary/aromatic N) is 3. The Bertz CT molecular complexity index is 959. The summed E-state index contributed by atoms with van der Waals surface area (Å²) in [5.74, 6) is 0.524. The summed E-state index contributed by atoms with van der Waals surface area (Å²) in [6.07, 6.45) is 5.19. The summed E-state index contributed by atoms with van der Waals surface area (Å²) in [4.78, 5) is 18.1. The smallest absolute Gasteiger partial charge is 0.269 e. The van der Waals surface area contributed by atoms with Crippen molar-refractivity contribution in [2.45, 2.75) is 77.8 Å². The van der Waals surface area contributed by atoms with E-state index >= 15 is 0 Å². The first kappa shape index (κ1) is 26.0. The van der Waals surface area contributed by atoms with Crippen LogP contribution in [0, 0.1) is 0 Å². The van der Waals surface area contributed by atoms with Gasteiger partial charge in [-0.25, -0.2) is 0 Å². The van der Waals surface area contributed by atoms with Gasteiger partial charge >= 0.3 is 0 Å². The van der Waals surface area contributed by atoms with E-state index in [4.69, 9.17) is 9.53 Å². The van der Waals surface area contributed by atoms with Crippen molar-refractivity contribution in [1.29, 1.82) is 0 Å². The molecule has 0 radical (unpaired) electrons. The summed E-state index contributed by atoms with van der Waals surface area (Å²) in [5, 5.41) is 4.68. The Hall–Kier alpha value is -2.26. The van der Waals surface area contributed by atoms with Crippen LogP contribution in [0.2, 0.25) is 36.3 Å². The Morgan fingerprint density at radius 3 is 2.12 bits per heavy atom. The molecule has 0 saturated carbocycles. The molecule has 1 heterocycles. The normalized spacial score (nSPS) is 13.3. The second-order valence-corrected chi connectivity index (χ2v) is 21.1. The first-order chi connectivity index (χ1) is 14.6. The number of carbonyl (C=O) groups is 1. The molecule has 0 spiro atoms. The predicted molar refractivity (Wildman–Crippen MR) is 139 cm³/mol. The molecule has 0 unspecified atom stereocenters. The maximum atomic E-state index is 14.0. The molecular weight excluding hydrogens is 430 g/mol. The van der Waals surface area contributed by atoms with Gasteiger partial charge in [-0.15, -0.1) is 0 Å². The van der Waals surface area contributed by atoms with E-state index in [-0.39, 0.29) is 16.0 Å². The van der Waals surface area contributed by atoms with Crippen molar-refractivity contribution in [3.05, 3.63) is 59.9 Å². The summed E-state index contributed by atoms with van der Waals surface area (Å²) >= 11 is 0. The topological polar surface area (TPSA) is 54.8 Å². The Labute approximate surface area is 196 Å². The van der Waals surface area contributed by atoms with Gasteiger partial charge in [-0.3, -0.25) is 14.5 Å². The van der Waals surface area contributed by atoms with E-state index in [1.54, 1.807) is 23.3 Å². The van der Waals surface area contributed by atoms with E-state index in [1.165, 1.54) is 0 Å². The number of rotatable bonds is 6. The summed E-state index contributed by atoms with van der Waals surface area (Å²) in [5.41, 5.74) is 1.42. The van der Waals surface area contributed by atoms with Gasteiger partial charge in [0.05, 0.1) is 11.8 Å². The fourth-order valence-electron chi connectivity index (χ4n) is 2.62. The van der Waals surface area contributed by atoms with Gasteiger partial charge in [0.1, 0.15) is 5.75 Å². The minimum Gasteiger partial charge on any atom is -0.543 e. The highest BCUT2D eigenvalue weighted by Gasteiger charge is 2.45. The zero-order chi connectivity index (χ0) is 24.4. The van der Waals surface area contributed by atoms with Gasteiger partial charge in [-0.2, -0.15) is 5.10 Å². The molecule has 0 atom stereocenters. The van der Waals surface area contributed by atoms with Crippen LogP contribution in [0.4, 0.5) is 0 Å². The molecule has 7 heteroatoms. The fourth-order valence-corrected chi connectivity index (χ4v) is 5.26. The van der Waals surface area contributed by atoms with Gasteiger partial charge in [0.2, 0.25) is 0 Å². The quantitative estimate of drug-likeness (QED) is 0.261. The van der Waals surface area contributed by atoms with E-state index in [9.17, 15) is 4.79 Å². The highest BCUT2D eigenvalue weighted by molar-refractivity contribution is 6.79. The van der Waals surface area contributed by atoms with Crippen LogP contribution in [0.3, 0.4) is 0 Å². The zero-order valence-corrected chi connectivity index (χ0v) is 23.4. The van der Waals surface area contributed by atoms with E-state index in [2.05, 4.69) is 72.7 Å². The van der Waals surface area contributed by atoms with Crippen molar-refractivity contribution in [1.82, 2.24) is 9.66 Å². The van der Waals surface area contributed by atoms with Gasteiger partial charge in [0.15, 0.2) is 8.24 Å². The third kappa shape index (κ3) is 5.75. The van der Waals surface area contributed by atoms with E-state index in [0.29, 0.717) is 11.3 Å². The summed E-state index contributed by atoms with van der Waals surface area (Å²) in [7, 11) is -4.45. The predicted octanol–water partition coefficient (Wildman–Crippen LogP) is 6.95. The number of aromatic nitrogens is 1. The number of hydrazone groups is 1.